The average Bonchev–Trinajstić information content (AvgIpc) is 2.63. The summed E-state index contributed by atoms with van der Waals surface area (Å²) in [6.07, 6.45) is 0.784. The lowest BCUT2D eigenvalue weighted by Crippen LogP contribution is -2.06. The molecule has 0 fully saturated rings. The number of aromatic carboxylic acids is 1. The Hall–Kier alpha value is -2.92. The number of nitrogens with zero attached hydrogens (tertiary/aromatic N) is 2. The first-order valence-corrected chi connectivity index (χ1v) is 8.46. The van der Waals surface area contributed by atoms with E-state index < -0.39 is 5.97 Å². The Morgan fingerprint density at radius 1 is 1.08 bits per heavy atom. The van der Waals surface area contributed by atoms with Crippen LogP contribution in [0.25, 0.3) is 11.3 Å². The maximum Gasteiger partial charge on any atom is 0.373 e. The van der Waals surface area contributed by atoms with Crippen molar-refractivity contribution in [3.63, 3.8) is 0 Å². The summed E-state index contributed by atoms with van der Waals surface area (Å²) in [6, 6.07) is 16.8. The van der Waals surface area contributed by atoms with Gasteiger partial charge in [-0.25, -0.2) is 14.8 Å². The van der Waals surface area contributed by atoms with Crippen molar-refractivity contribution in [3.8, 4) is 17.0 Å². The lowest BCUT2D eigenvalue weighted by molar-refractivity contribution is 0.0683. The number of ether oxygens (including phenoxy) is 1. The molecular formula is C20H17ClN2O3. The summed E-state index contributed by atoms with van der Waals surface area (Å²) < 4.78 is 5.76. The van der Waals surface area contributed by atoms with E-state index in [1.54, 1.807) is 13.0 Å². The van der Waals surface area contributed by atoms with Crippen molar-refractivity contribution in [2.24, 2.45) is 0 Å². The number of carboxylic acids is 1. The molecule has 0 spiro atoms. The van der Waals surface area contributed by atoms with Gasteiger partial charge in [-0.3, -0.25) is 0 Å². The van der Waals surface area contributed by atoms with Gasteiger partial charge in [0.1, 0.15) is 5.75 Å². The van der Waals surface area contributed by atoms with Crippen LogP contribution >= 0.6 is 11.6 Å². The number of benzene rings is 2. The standard InChI is InChI=1S/C20H17ClN2O3/c1-13-12-18(23-19(22-13)20(24)25)15-4-8-17(9-5-15)26-11-10-14-2-6-16(21)7-3-14/h2-9,12H,10-11H2,1H3,(H,24,25). The Kier molecular flexibility index (Phi) is 5.49. The zero-order chi connectivity index (χ0) is 18.5. The molecule has 0 unspecified atom stereocenters. The van der Waals surface area contributed by atoms with Crippen molar-refractivity contribution >= 4 is 17.6 Å². The van der Waals surface area contributed by atoms with Crippen LogP contribution in [0.1, 0.15) is 21.9 Å². The average molecular weight is 369 g/mol. The molecule has 0 bridgehead atoms. The van der Waals surface area contributed by atoms with Gasteiger partial charge in [-0.15, -0.1) is 0 Å². The molecule has 2 aromatic carbocycles. The summed E-state index contributed by atoms with van der Waals surface area (Å²) in [6.45, 7) is 2.29. The van der Waals surface area contributed by atoms with E-state index >= 15 is 0 Å². The minimum Gasteiger partial charge on any atom is -0.493 e. The van der Waals surface area contributed by atoms with Gasteiger partial charge in [-0.05, 0) is 55.0 Å². The molecule has 26 heavy (non-hydrogen) atoms. The van der Waals surface area contributed by atoms with E-state index in [1.807, 2.05) is 48.5 Å². The molecule has 0 aliphatic carbocycles. The van der Waals surface area contributed by atoms with Gasteiger partial charge in [0.15, 0.2) is 0 Å². The quantitative estimate of drug-likeness (QED) is 0.697. The van der Waals surface area contributed by atoms with E-state index in [0.717, 1.165) is 28.3 Å². The van der Waals surface area contributed by atoms with Crippen LogP contribution in [-0.4, -0.2) is 27.7 Å². The molecule has 1 aromatic heterocycles. The number of hydrogen-bond acceptors (Lipinski definition) is 4. The molecule has 0 saturated heterocycles. The fourth-order valence-electron chi connectivity index (χ4n) is 2.47. The normalized spacial score (nSPS) is 10.5. The smallest absolute Gasteiger partial charge is 0.373 e. The molecular weight excluding hydrogens is 352 g/mol. The summed E-state index contributed by atoms with van der Waals surface area (Å²) in [5.74, 6) is -0.604. The summed E-state index contributed by atoms with van der Waals surface area (Å²) in [4.78, 5) is 19.1. The fraction of sp³-hybridized carbons (Fsp3) is 0.150. The van der Waals surface area contributed by atoms with Crippen molar-refractivity contribution < 1.29 is 14.6 Å². The van der Waals surface area contributed by atoms with Crippen LogP contribution in [0.5, 0.6) is 5.75 Å². The lowest BCUT2D eigenvalue weighted by Gasteiger charge is -2.08. The highest BCUT2D eigenvalue weighted by molar-refractivity contribution is 6.30. The van der Waals surface area contributed by atoms with Gasteiger partial charge in [0.05, 0.1) is 12.3 Å². The zero-order valence-electron chi connectivity index (χ0n) is 14.1. The molecule has 5 nitrogen and oxygen atoms in total. The first-order valence-electron chi connectivity index (χ1n) is 8.08. The highest BCUT2D eigenvalue weighted by Gasteiger charge is 2.10. The van der Waals surface area contributed by atoms with E-state index in [4.69, 9.17) is 21.4 Å². The molecule has 3 rings (SSSR count). The third-order valence-corrected chi connectivity index (χ3v) is 4.02. The minimum atomic E-state index is -1.14. The zero-order valence-corrected chi connectivity index (χ0v) is 14.9. The highest BCUT2D eigenvalue weighted by Crippen LogP contribution is 2.22. The molecule has 0 radical (unpaired) electrons. The fourth-order valence-corrected chi connectivity index (χ4v) is 2.60. The van der Waals surface area contributed by atoms with Crippen LogP contribution < -0.4 is 4.74 Å². The van der Waals surface area contributed by atoms with E-state index in [9.17, 15) is 4.79 Å². The second-order valence-electron chi connectivity index (χ2n) is 5.77. The number of rotatable bonds is 6. The maximum absolute atomic E-state index is 11.1. The van der Waals surface area contributed by atoms with E-state index in [2.05, 4.69) is 9.97 Å². The molecule has 0 atom stereocenters. The summed E-state index contributed by atoms with van der Waals surface area (Å²) in [5, 5.41) is 9.80. The largest absolute Gasteiger partial charge is 0.493 e. The molecule has 0 aliphatic heterocycles. The monoisotopic (exact) mass is 368 g/mol. The van der Waals surface area contributed by atoms with Crippen molar-refractivity contribution in [3.05, 3.63) is 76.7 Å². The van der Waals surface area contributed by atoms with Crippen LogP contribution in [0, 0.1) is 6.92 Å². The topological polar surface area (TPSA) is 72.3 Å². The lowest BCUT2D eigenvalue weighted by atomic mass is 10.1. The van der Waals surface area contributed by atoms with Crippen LogP contribution in [0.2, 0.25) is 5.02 Å². The predicted octanol–water partition coefficient (Wildman–Crippen LogP) is 4.43. The number of carbonyl (C=O) groups is 1. The summed E-state index contributed by atoms with van der Waals surface area (Å²) in [7, 11) is 0. The van der Waals surface area contributed by atoms with Gasteiger partial charge in [0, 0.05) is 22.7 Å². The van der Waals surface area contributed by atoms with Gasteiger partial charge in [0.25, 0.3) is 0 Å². The SMILES string of the molecule is Cc1cc(-c2ccc(OCCc3ccc(Cl)cc3)cc2)nc(C(=O)O)n1. The van der Waals surface area contributed by atoms with Crippen LogP contribution in [0.15, 0.2) is 54.6 Å². The maximum atomic E-state index is 11.1. The predicted molar refractivity (Wildman–Crippen MR) is 99.8 cm³/mol. The van der Waals surface area contributed by atoms with Gasteiger partial charge >= 0.3 is 5.97 Å². The van der Waals surface area contributed by atoms with Crippen LogP contribution in [-0.2, 0) is 6.42 Å². The Morgan fingerprint density at radius 2 is 1.77 bits per heavy atom. The minimum absolute atomic E-state index is 0.205. The molecule has 1 N–H and O–H groups in total. The first-order chi connectivity index (χ1) is 12.5. The van der Waals surface area contributed by atoms with Gasteiger partial charge in [-0.2, -0.15) is 0 Å². The molecule has 132 valence electrons. The number of hydrogen-bond donors (Lipinski definition) is 1. The summed E-state index contributed by atoms with van der Waals surface area (Å²) >= 11 is 5.87. The molecule has 0 aliphatic rings. The molecule has 0 saturated carbocycles. The molecule has 6 heteroatoms. The van der Waals surface area contributed by atoms with E-state index in [1.165, 1.54) is 0 Å². The Balaban J connectivity index is 1.65. The van der Waals surface area contributed by atoms with Crippen molar-refractivity contribution in [1.29, 1.82) is 0 Å². The van der Waals surface area contributed by atoms with E-state index in [0.29, 0.717) is 18.0 Å². The van der Waals surface area contributed by atoms with Crippen molar-refractivity contribution in [2.75, 3.05) is 6.61 Å². The molecule has 3 aromatic rings. The Bertz CT molecular complexity index is 909. The third-order valence-electron chi connectivity index (χ3n) is 3.77. The number of aryl methyl sites for hydroxylation is 1. The summed E-state index contributed by atoms with van der Waals surface area (Å²) in [5.41, 5.74) is 3.14. The van der Waals surface area contributed by atoms with Crippen molar-refractivity contribution in [2.45, 2.75) is 13.3 Å². The molecule has 0 amide bonds. The number of aromatic nitrogens is 2. The third kappa shape index (κ3) is 4.58. The Labute approximate surface area is 156 Å². The van der Waals surface area contributed by atoms with Crippen LogP contribution in [0.3, 0.4) is 0 Å². The van der Waals surface area contributed by atoms with Crippen LogP contribution in [0.4, 0.5) is 0 Å². The Morgan fingerprint density at radius 3 is 2.42 bits per heavy atom. The number of carboxylic acid groups (broad SMARTS) is 1. The second kappa shape index (κ2) is 7.97. The second-order valence-corrected chi connectivity index (χ2v) is 6.21. The van der Waals surface area contributed by atoms with Crippen molar-refractivity contribution in [1.82, 2.24) is 9.97 Å². The molecule has 1 heterocycles. The van der Waals surface area contributed by atoms with Gasteiger partial charge < -0.3 is 9.84 Å². The van der Waals surface area contributed by atoms with Gasteiger partial charge in [-0.1, -0.05) is 23.7 Å². The first kappa shape index (κ1) is 17.9. The highest BCUT2D eigenvalue weighted by atomic mass is 35.5. The van der Waals surface area contributed by atoms with E-state index in [-0.39, 0.29) is 5.82 Å². The van der Waals surface area contributed by atoms with Gasteiger partial charge in [0.2, 0.25) is 5.82 Å². The number of halogens is 1.